The molecule has 0 saturated heterocycles. The first-order valence-electron chi connectivity index (χ1n) is 8.93. The van der Waals surface area contributed by atoms with E-state index in [2.05, 4.69) is 30.6 Å². The Morgan fingerprint density at radius 1 is 1.28 bits per heavy atom. The highest BCUT2D eigenvalue weighted by Gasteiger charge is 2.11. The second kappa shape index (κ2) is 8.15. The molecule has 3 heterocycles. The Morgan fingerprint density at radius 3 is 2.90 bits per heavy atom. The van der Waals surface area contributed by atoms with Gasteiger partial charge in [-0.3, -0.25) is 14.5 Å². The number of rotatable bonds is 6. The lowest BCUT2D eigenvalue weighted by Gasteiger charge is -2.09. The van der Waals surface area contributed by atoms with Crippen LogP contribution in [0.4, 0.5) is 5.69 Å². The van der Waals surface area contributed by atoms with Gasteiger partial charge in [-0.15, -0.1) is 0 Å². The summed E-state index contributed by atoms with van der Waals surface area (Å²) in [4.78, 5) is 20.5. The van der Waals surface area contributed by atoms with Gasteiger partial charge in [0.15, 0.2) is 16.4 Å². The van der Waals surface area contributed by atoms with Gasteiger partial charge in [0, 0.05) is 18.5 Å². The fraction of sp³-hybridized carbons (Fsp3) is 0.158. The Bertz CT molecular complexity index is 1180. The molecule has 0 atom stereocenters. The number of nitrogens with one attached hydrogen (secondary N) is 2. The number of carbonyl (C=O) groups is 1. The summed E-state index contributed by atoms with van der Waals surface area (Å²) in [6.45, 7) is 2.43. The van der Waals surface area contributed by atoms with E-state index in [1.165, 1.54) is 6.33 Å². The van der Waals surface area contributed by atoms with Gasteiger partial charge in [0.2, 0.25) is 5.91 Å². The van der Waals surface area contributed by atoms with Crippen molar-refractivity contribution in [1.29, 1.82) is 0 Å². The second-order valence-electron chi connectivity index (χ2n) is 6.42. The van der Waals surface area contributed by atoms with Crippen molar-refractivity contribution >= 4 is 23.8 Å². The van der Waals surface area contributed by atoms with Gasteiger partial charge in [-0.1, -0.05) is 23.8 Å². The summed E-state index contributed by atoms with van der Waals surface area (Å²) in [6, 6.07) is 11.5. The van der Waals surface area contributed by atoms with Gasteiger partial charge in [0.25, 0.3) is 0 Å². The summed E-state index contributed by atoms with van der Waals surface area (Å²) in [5.41, 5.74) is 2.68. The summed E-state index contributed by atoms with van der Waals surface area (Å²) in [5, 5.41) is 14.0. The normalized spacial score (nSPS) is 10.8. The zero-order valence-electron chi connectivity index (χ0n) is 15.6. The highest BCUT2D eigenvalue weighted by atomic mass is 32.1. The van der Waals surface area contributed by atoms with Crippen molar-refractivity contribution in [2.75, 3.05) is 5.32 Å². The number of aryl methyl sites for hydroxylation is 1. The first-order valence-corrected chi connectivity index (χ1v) is 9.34. The fourth-order valence-corrected chi connectivity index (χ4v) is 3.11. The molecular formula is C19H18N8OS. The highest BCUT2D eigenvalue weighted by molar-refractivity contribution is 7.71. The van der Waals surface area contributed by atoms with E-state index in [0.29, 0.717) is 28.6 Å². The quantitative estimate of drug-likeness (QED) is 0.477. The topological polar surface area (TPSA) is 106 Å². The molecule has 4 aromatic rings. The van der Waals surface area contributed by atoms with Gasteiger partial charge in [-0.05, 0) is 37.3 Å². The number of carbonyl (C=O) groups excluding carboxylic acids is 1. The lowest BCUT2D eigenvalue weighted by atomic mass is 10.1. The van der Waals surface area contributed by atoms with E-state index < -0.39 is 0 Å². The van der Waals surface area contributed by atoms with E-state index in [9.17, 15) is 4.79 Å². The van der Waals surface area contributed by atoms with Crippen LogP contribution in [0.25, 0.3) is 17.2 Å². The number of anilines is 1. The van der Waals surface area contributed by atoms with Gasteiger partial charge >= 0.3 is 0 Å². The largest absolute Gasteiger partial charge is 0.325 e. The van der Waals surface area contributed by atoms with Gasteiger partial charge in [0.05, 0.1) is 11.9 Å². The Morgan fingerprint density at radius 2 is 2.17 bits per heavy atom. The molecular weight excluding hydrogens is 388 g/mol. The number of aromatic amines is 1. The van der Waals surface area contributed by atoms with Crippen molar-refractivity contribution in [1.82, 2.24) is 34.5 Å². The number of aromatic nitrogens is 7. The van der Waals surface area contributed by atoms with Crippen LogP contribution in [-0.2, 0) is 11.3 Å². The maximum Gasteiger partial charge on any atom is 0.226 e. The lowest BCUT2D eigenvalue weighted by molar-refractivity contribution is -0.116. The van der Waals surface area contributed by atoms with E-state index in [0.717, 1.165) is 11.1 Å². The molecule has 0 bridgehead atoms. The molecule has 1 aromatic carbocycles. The smallest absolute Gasteiger partial charge is 0.226 e. The first kappa shape index (κ1) is 18.7. The molecule has 0 saturated carbocycles. The molecule has 10 heteroatoms. The molecule has 0 unspecified atom stereocenters. The maximum absolute atomic E-state index is 12.4. The van der Waals surface area contributed by atoms with Crippen molar-refractivity contribution in [3.05, 3.63) is 65.6 Å². The molecule has 0 aliphatic heterocycles. The van der Waals surface area contributed by atoms with Gasteiger partial charge in [-0.2, -0.15) is 10.2 Å². The average molecular weight is 406 g/mol. The number of nitrogens with zero attached hydrogens (tertiary/aromatic N) is 6. The third kappa shape index (κ3) is 4.27. The van der Waals surface area contributed by atoms with Crippen LogP contribution in [0.2, 0.25) is 0 Å². The Hall–Kier alpha value is -3.66. The van der Waals surface area contributed by atoms with E-state index in [1.807, 2.05) is 35.8 Å². The maximum atomic E-state index is 12.4. The summed E-state index contributed by atoms with van der Waals surface area (Å²) in [5.74, 6) is 1.19. The van der Waals surface area contributed by atoms with Crippen molar-refractivity contribution in [2.24, 2.45) is 0 Å². The average Bonchev–Trinajstić information content (AvgIpc) is 3.37. The predicted molar refractivity (Wildman–Crippen MR) is 110 cm³/mol. The summed E-state index contributed by atoms with van der Waals surface area (Å²) in [7, 11) is 0. The van der Waals surface area contributed by atoms with Crippen molar-refractivity contribution in [3.63, 3.8) is 0 Å². The van der Waals surface area contributed by atoms with Crippen LogP contribution in [-0.4, -0.2) is 40.4 Å². The highest BCUT2D eigenvalue weighted by Crippen LogP contribution is 2.19. The molecule has 4 rings (SSSR count). The Kier molecular flexibility index (Phi) is 5.25. The molecule has 0 radical (unpaired) electrons. The molecule has 9 nitrogen and oxygen atoms in total. The monoisotopic (exact) mass is 406 g/mol. The number of H-pyrrole nitrogens is 1. The van der Waals surface area contributed by atoms with Crippen LogP contribution in [0.15, 0.2) is 55.2 Å². The molecule has 3 aromatic heterocycles. The number of amides is 1. The predicted octanol–water partition coefficient (Wildman–Crippen LogP) is 2.92. The van der Waals surface area contributed by atoms with E-state index >= 15 is 0 Å². The molecule has 1 amide bonds. The third-order valence-corrected chi connectivity index (χ3v) is 4.59. The zero-order chi connectivity index (χ0) is 20.2. The van der Waals surface area contributed by atoms with Gasteiger partial charge < -0.3 is 5.32 Å². The van der Waals surface area contributed by atoms with Crippen molar-refractivity contribution in [3.8, 4) is 17.2 Å². The minimum Gasteiger partial charge on any atom is -0.325 e. The number of hydrogen-bond acceptors (Lipinski definition) is 6. The number of pyridine rings is 1. The van der Waals surface area contributed by atoms with Crippen LogP contribution in [0.5, 0.6) is 0 Å². The van der Waals surface area contributed by atoms with Gasteiger partial charge in [-0.25, -0.2) is 14.6 Å². The summed E-state index contributed by atoms with van der Waals surface area (Å²) < 4.78 is 3.85. The molecule has 2 N–H and O–H groups in total. The zero-order valence-corrected chi connectivity index (χ0v) is 16.4. The van der Waals surface area contributed by atoms with Crippen LogP contribution in [0, 0.1) is 11.7 Å². The van der Waals surface area contributed by atoms with Gasteiger partial charge in [0.1, 0.15) is 12.7 Å². The molecule has 146 valence electrons. The SMILES string of the molecule is Cc1cccc(-c2n[nH]c(=S)n2CCC(=O)Nc2ccc(-n3cncn3)nc2)c1. The van der Waals surface area contributed by atoms with Crippen LogP contribution < -0.4 is 5.32 Å². The van der Waals surface area contributed by atoms with E-state index in [1.54, 1.807) is 29.3 Å². The van der Waals surface area contributed by atoms with E-state index in [-0.39, 0.29) is 12.3 Å². The lowest BCUT2D eigenvalue weighted by Crippen LogP contribution is -2.15. The number of benzene rings is 1. The Labute approximate surface area is 171 Å². The number of hydrogen-bond donors (Lipinski definition) is 2. The Balaban J connectivity index is 1.41. The van der Waals surface area contributed by atoms with Crippen molar-refractivity contribution in [2.45, 2.75) is 19.9 Å². The summed E-state index contributed by atoms with van der Waals surface area (Å²) >= 11 is 5.33. The summed E-state index contributed by atoms with van der Waals surface area (Å²) in [6.07, 6.45) is 4.82. The van der Waals surface area contributed by atoms with Crippen LogP contribution in [0.1, 0.15) is 12.0 Å². The minimum absolute atomic E-state index is 0.140. The van der Waals surface area contributed by atoms with Crippen LogP contribution >= 0.6 is 12.2 Å². The van der Waals surface area contributed by atoms with Crippen molar-refractivity contribution < 1.29 is 4.79 Å². The van der Waals surface area contributed by atoms with E-state index in [4.69, 9.17) is 12.2 Å². The second-order valence-corrected chi connectivity index (χ2v) is 6.80. The molecule has 29 heavy (non-hydrogen) atoms. The van der Waals surface area contributed by atoms with Crippen LogP contribution in [0.3, 0.4) is 0 Å². The minimum atomic E-state index is -0.140. The fourth-order valence-electron chi connectivity index (χ4n) is 2.89. The molecule has 0 aliphatic carbocycles. The third-order valence-electron chi connectivity index (χ3n) is 4.28. The standard InChI is InChI=1S/C19H18N8OS/c1-13-3-2-4-14(9-13)18-24-25-19(29)26(18)8-7-17(28)23-15-5-6-16(21-10-15)27-12-20-11-22-27/h2-6,9-12H,7-8H2,1H3,(H,23,28)(H,25,29). The molecule has 0 aliphatic rings. The first-order chi connectivity index (χ1) is 14.1. The molecule has 0 fully saturated rings. The molecule has 0 spiro atoms.